The predicted octanol–water partition coefficient (Wildman–Crippen LogP) is 1.08. The van der Waals surface area contributed by atoms with Gasteiger partial charge in [-0.15, -0.1) is 0 Å². The van der Waals surface area contributed by atoms with Crippen LogP contribution in [0.4, 0.5) is 0 Å². The van der Waals surface area contributed by atoms with E-state index in [1.165, 1.54) is 7.11 Å². The number of hydrogen-bond donors (Lipinski definition) is 1. The van der Waals surface area contributed by atoms with Gasteiger partial charge in [0.05, 0.1) is 12.9 Å². The molecular formula is C12H17NO3S. The summed E-state index contributed by atoms with van der Waals surface area (Å²) in [5, 5.41) is 3.18. The molecule has 1 aromatic rings. The second-order valence-corrected chi connectivity index (χ2v) is 6.29. The lowest BCUT2D eigenvalue weighted by Gasteiger charge is -2.12. The van der Waals surface area contributed by atoms with Crippen molar-refractivity contribution in [3.05, 3.63) is 24.3 Å². The van der Waals surface area contributed by atoms with Gasteiger partial charge in [-0.1, -0.05) is 12.1 Å². The summed E-state index contributed by atoms with van der Waals surface area (Å²) in [6.45, 7) is 1.69. The first-order valence-corrected chi connectivity index (χ1v) is 7.35. The van der Waals surface area contributed by atoms with E-state index in [1.807, 2.05) is 0 Å². The molecule has 0 aromatic heterocycles. The van der Waals surface area contributed by atoms with Crippen molar-refractivity contribution < 1.29 is 13.2 Å². The molecule has 1 saturated heterocycles. The zero-order valence-electron chi connectivity index (χ0n) is 9.85. The summed E-state index contributed by atoms with van der Waals surface area (Å²) in [5.74, 6) is 0.837. The number of para-hydroxylation sites is 1. The van der Waals surface area contributed by atoms with Crippen LogP contribution in [0, 0.1) is 5.92 Å². The lowest BCUT2D eigenvalue weighted by Crippen LogP contribution is -2.19. The Labute approximate surface area is 102 Å². The molecule has 1 N–H and O–H groups in total. The molecule has 0 aliphatic carbocycles. The average molecular weight is 255 g/mol. The fourth-order valence-electron chi connectivity index (χ4n) is 2.13. The number of benzene rings is 1. The monoisotopic (exact) mass is 255 g/mol. The van der Waals surface area contributed by atoms with Gasteiger partial charge in [0.25, 0.3) is 0 Å². The molecule has 4 nitrogen and oxygen atoms in total. The third-order valence-corrected chi connectivity index (χ3v) is 4.94. The van der Waals surface area contributed by atoms with E-state index in [1.54, 1.807) is 24.3 Å². The molecule has 1 atom stereocenters. The summed E-state index contributed by atoms with van der Waals surface area (Å²) >= 11 is 0. The van der Waals surface area contributed by atoms with E-state index in [0.29, 0.717) is 10.6 Å². The lowest BCUT2D eigenvalue weighted by molar-refractivity contribution is 0.402. The van der Waals surface area contributed by atoms with Crippen LogP contribution in [-0.4, -0.2) is 34.4 Å². The molecule has 17 heavy (non-hydrogen) atoms. The van der Waals surface area contributed by atoms with Crippen molar-refractivity contribution in [1.82, 2.24) is 5.32 Å². The zero-order valence-corrected chi connectivity index (χ0v) is 10.7. The zero-order chi connectivity index (χ0) is 12.3. The Hall–Kier alpha value is -1.07. The number of nitrogens with one attached hydrogen (secondary N) is 1. The molecule has 1 unspecified atom stereocenters. The largest absolute Gasteiger partial charge is 0.495 e. The minimum Gasteiger partial charge on any atom is -0.495 e. The Balaban J connectivity index is 2.24. The molecule has 0 saturated carbocycles. The number of rotatable bonds is 4. The topological polar surface area (TPSA) is 55.4 Å². The van der Waals surface area contributed by atoms with Crippen molar-refractivity contribution in [2.24, 2.45) is 5.92 Å². The van der Waals surface area contributed by atoms with Crippen LogP contribution in [0.2, 0.25) is 0 Å². The fourth-order valence-corrected chi connectivity index (χ4v) is 3.96. The summed E-state index contributed by atoms with van der Waals surface area (Å²) < 4.78 is 29.6. The highest BCUT2D eigenvalue weighted by Crippen LogP contribution is 2.26. The SMILES string of the molecule is COc1ccccc1S(=O)(=O)CC1CCNC1. The van der Waals surface area contributed by atoms with Gasteiger partial charge in [0, 0.05) is 0 Å². The van der Waals surface area contributed by atoms with Gasteiger partial charge in [0.1, 0.15) is 10.6 Å². The standard InChI is InChI=1S/C12H17NO3S/c1-16-11-4-2-3-5-12(11)17(14,15)9-10-6-7-13-8-10/h2-5,10,13H,6-9H2,1H3. The highest BCUT2D eigenvalue weighted by molar-refractivity contribution is 7.91. The number of hydrogen-bond acceptors (Lipinski definition) is 4. The van der Waals surface area contributed by atoms with Crippen LogP contribution in [0.15, 0.2) is 29.2 Å². The van der Waals surface area contributed by atoms with Crippen LogP contribution in [0.25, 0.3) is 0 Å². The lowest BCUT2D eigenvalue weighted by atomic mass is 10.2. The smallest absolute Gasteiger partial charge is 0.182 e. The van der Waals surface area contributed by atoms with Crippen LogP contribution < -0.4 is 10.1 Å². The van der Waals surface area contributed by atoms with Gasteiger partial charge < -0.3 is 10.1 Å². The highest BCUT2D eigenvalue weighted by atomic mass is 32.2. The Bertz CT molecular complexity index is 478. The van der Waals surface area contributed by atoms with E-state index < -0.39 is 9.84 Å². The number of ether oxygens (including phenoxy) is 1. The summed E-state index contributed by atoms with van der Waals surface area (Å²) in [6.07, 6.45) is 0.925. The molecule has 1 heterocycles. The van der Waals surface area contributed by atoms with Gasteiger partial charge >= 0.3 is 0 Å². The van der Waals surface area contributed by atoms with E-state index in [2.05, 4.69) is 5.32 Å². The Morgan fingerprint density at radius 3 is 2.82 bits per heavy atom. The average Bonchev–Trinajstić information content (AvgIpc) is 2.81. The molecule has 94 valence electrons. The molecule has 0 spiro atoms. The summed E-state index contributed by atoms with van der Waals surface area (Å²) in [5.41, 5.74) is 0. The normalized spacial score (nSPS) is 20.4. The van der Waals surface area contributed by atoms with Crippen LogP contribution in [0.3, 0.4) is 0 Å². The molecule has 0 bridgehead atoms. The van der Waals surface area contributed by atoms with Gasteiger partial charge in [-0.05, 0) is 37.6 Å². The molecular weight excluding hydrogens is 238 g/mol. The molecule has 1 aliphatic rings. The first kappa shape index (κ1) is 12.4. The molecule has 0 amide bonds. The fraction of sp³-hybridized carbons (Fsp3) is 0.500. The molecule has 1 aliphatic heterocycles. The molecule has 1 fully saturated rings. The second-order valence-electron chi connectivity index (χ2n) is 4.29. The maximum atomic E-state index is 12.3. The van der Waals surface area contributed by atoms with Crippen LogP contribution >= 0.6 is 0 Å². The van der Waals surface area contributed by atoms with E-state index in [0.717, 1.165) is 19.5 Å². The van der Waals surface area contributed by atoms with Crippen molar-refractivity contribution in [3.63, 3.8) is 0 Å². The van der Waals surface area contributed by atoms with Gasteiger partial charge in [-0.2, -0.15) is 0 Å². The maximum Gasteiger partial charge on any atom is 0.182 e. The second kappa shape index (κ2) is 5.06. The van der Waals surface area contributed by atoms with E-state index in [-0.39, 0.29) is 11.7 Å². The Morgan fingerprint density at radius 1 is 1.41 bits per heavy atom. The van der Waals surface area contributed by atoms with E-state index >= 15 is 0 Å². The molecule has 2 rings (SSSR count). The van der Waals surface area contributed by atoms with Crippen LogP contribution in [-0.2, 0) is 9.84 Å². The molecule has 0 radical (unpaired) electrons. The van der Waals surface area contributed by atoms with Crippen molar-refractivity contribution in [2.45, 2.75) is 11.3 Å². The minimum absolute atomic E-state index is 0.195. The maximum absolute atomic E-state index is 12.3. The first-order valence-electron chi connectivity index (χ1n) is 5.70. The van der Waals surface area contributed by atoms with Gasteiger partial charge in [-0.3, -0.25) is 0 Å². The first-order chi connectivity index (χ1) is 8.13. The quantitative estimate of drug-likeness (QED) is 0.874. The van der Waals surface area contributed by atoms with Gasteiger partial charge in [-0.25, -0.2) is 8.42 Å². The van der Waals surface area contributed by atoms with Crippen molar-refractivity contribution in [2.75, 3.05) is 26.0 Å². The minimum atomic E-state index is -3.25. The van der Waals surface area contributed by atoms with Crippen molar-refractivity contribution >= 4 is 9.84 Å². The number of methoxy groups -OCH3 is 1. The van der Waals surface area contributed by atoms with E-state index in [4.69, 9.17) is 4.74 Å². The Kier molecular flexibility index (Phi) is 3.69. The summed E-state index contributed by atoms with van der Waals surface area (Å²) in [6, 6.07) is 6.79. The van der Waals surface area contributed by atoms with Gasteiger partial charge in [0.2, 0.25) is 0 Å². The van der Waals surface area contributed by atoms with E-state index in [9.17, 15) is 8.42 Å². The molecule has 5 heteroatoms. The summed E-state index contributed by atoms with van der Waals surface area (Å²) in [7, 11) is -1.76. The predicted molar refractivity (Wildman–Crippen MR) is 66.0 cm³/mol. The molecule has 1 aromatic carbocycles. The van der Waals surface area contributed by atoms with Crippen LogP contribution in [0.5, 0.6) is 5.75 Å². The number of sulfone groups is 1. The third kappa shape index (κ3) is 2.79. The van der Waals surface area contributed by atoms with Gasteiger partial charge in [0.15, 0.2) is 9.84 Å². The third-order valence-electron chi connectivity index (χ3n) is 3.02. The summed E-state index contributed by atoms with van der Waals surface area (Å²) in [4.78, 5) is 0.300. The van der Waals surface area contributed by atoms with Crippen LogP contribution in [0.1, 0.15) is 6.42 Å². The van der Waals surface area contributed by atoms with Crippen molar-refractivity contribution in [1.29, 1.82) is 0 Å². The highest BCUT2D eigenvalue weighted by Gasteiger charge is 2.25. The Morgan fingerprint density at radius 2 is 2.18 bits per heavy atom. The van der Waals surface area contributed by atoms with Crippen molar-refractivity contribution in [3.8, 4) is 5.75 Å².